The Morgan fingerprint density at radius 1 is 1.13 bits per heavy atom. The van der Waals surface area contributed by atoms with Gasteiger partial charge in [-0.05, 0) is 61.6 Å². The molecular weight excluding hydrogens is 284 g/mol. The number of hydrogen-bond donors (Lipinski definition) is 1. The zero-order chi connectivity index (χ0) is 16.2. The van der Waals surface area contributed by atoms with Gasteiger partial charge in [-0.3, -0.25) is 4.79 Å². The molecule has 1 amide bonds. The number of carbonyl (C=O) groups excluding carboxylic acids is 1. The molecule has 0 aromatic heterocycles. The number of amides is 1. The summed E-state index contributed by atoms with van der Waals surface area (Å²) in [5.74, 6) is 0.0815. The molecule has 0 radical (unpaired) electrons. The first-order valence-corrected chi connectivity index (χ1v) is 8.33. The van der Waals surface area contributed by atoms with Crippen molar-refractivity contribution in [1.29, 1.82) is 0 Å². The van der Waals surface area contributed by atoms with Gasteiger partial charge in [0.15, 0.2) is 0 Å². The monoisotopic (exact) mass is 308 g/mol. The number of anilines is 2. The van der Waals surface area contributed by atoms with Crippen LogP contribution in [0.15, 0.2) is 42.5 Å². The highest BCUT2D eigenvalue weighted by atomic mass is 16.1. The second-order valence-electron chi connectivity index (χ2n) is 6.39. The van der Waals surface area contributed by atoms with Gasteiger partial charge in [0.05, 0.1) is 0 Å². The van der Waals surface area contributed by atoms with Crippen LogP contribution in [0.4, 0.5) is 11.4 Å². The average Bonchev–Trinajstić information content (AvgIpc) is 2.52. The first-order chi connectivity index (χ1) is 11.1. The minimum absolute atomic E-state index is 0.0815. The van der Waals surface area contributed by atoms with Crippen LogP contribution in [0.25, 0.3) is 0 Å². The van der Waals surface area contributed by atoms with Gasteiger partial charge in [-0.25, -0.2) is 0 Å². The summed E-state index contributed by atoms with van der Waals surface area (Å²) in [6.45, 7) is 5.90. The molecule has 0 unspecified atom stereocenters. The first-order valence-electron chi connectivity index (χ1n) is 8.33. The van der Waals surface area contributed by atoms with E-state index in [0.29, 0.717) is 6.42 Å². The molecule has 2 aromatic rings. The van der Waals surface area contributed by atoms with E-state index < -0.39 is 0 Å². The predicted octanol–water partition coefficient (Wildman–Crippen LogP) is 4.08. The summed E-state index contributed by atoms with van der Waals surface area (Å²) in [6.07, 6.45) is 2.82. The van der Waals surface area contributed by atoms with Crippen LogP contribution in [0.5, 0.6) is 0 Å². The SMILES string of the molecule is Cc1cc(C)cc(NC(=O)CCN2CCCc3ccccc32)c1. The van der Waals surface area contributed by atoms with Gasteiger partial charge in [0.1, 0.15) is 0 Å². The summed E-state index contributed by atoms with van der Waals surface area (Å²) in [6, 6.07) is 14.7. The zero-order valence-corrected chi connectivity index (χ0v) is 13.9. The number of nitrogens with zero attached hydrogens (tertiary/aromatic N) is 1. The minimum atomic E-state index is 0.0815. The molecule has 0 saturated carbocycles. The molecule has 0 spiro atoms. The highest BCUT2D eigenvalue weighted by Crippen LogP contribution is 2.26. The highest BCUT2D eigenvalue weighted by Gasteiger charge is 2.16. The molecule has 0 aliphatic carbocycles. The van der Waals surface area contributed by atoms with E-state index in [0.717, 1.165) is 31.6 Å². The Morgan fingerprint density at radius 3 is 2.65 bits per heavy atom. The first kappa shape index (κ1) is 15.6. The van der Waals surface area contributed by atoms with Gasteiger partial charge < -0.3 is 10.2 Å². The number of rotatable bonds is 4. The Morgan fingerprint density at radius 2 is 1.87 bits per heavy atom. The summed E-state index contributed by atoms with van der Waals surface area (Å²) < 4.78 is 0. The number of nitrogens with one attached hydrogen (secondary N) is 1. The molecule has 1 heterocycles. The van der Waals surface area contributed by atoms with Crippen molar-refractivity contribution >= 4 is 17.3 Å². The smallest absolute Gasteiger partial charge is 0.226 e. The maximum atomic E-state index is 12.3. The fourth-order valence-electron chi connectivity index (χ4n) is 3.35. The molecule has 2 aromatic carbocycles. The van der Waals surface area contributed by atoms with Crippen molar-refractivity contribution in [3.8, 4) is 0 Å². The number of hydrogen-bond acceptors (Lipinski definition) is 2. The Bertz CT molecular complexity index is 688. The normalized spacial score (nSPS) is 13.6. The fourth-order valence-corrected chi connectivity index (χ4v) is 3.35. The number of benzene rings is 2. The second kappa shape index (κ2) is 6.86. The highest BCUT2D eigenvalue weighted by molar-refractivity contribution is 5.91. The number of fused-ring (bicyclic) bond motifs is 1. The molecule has 3 rings (SSSR count). The van der Waals surface area contributed by atoms with Crippen molar-refractivity contribution in [2.75, 3.05) is 23.3 Å². The van der Waals surface area contributed by atoms with Crippen LogP contribution in [0.1, 0.15) is 29.5 Å². The van der Waals surface area contributed by atoms with Crippen molar-refractivity contribution in [2.45, 2.75) is 33.1 Å². The summed E-state index contributed by atoms with van der Waals surface area (Å²) in [4.78, 5) is 14.6. The number of para-hydroxylation sites is 1. The van der Waals surface area contributed by atoms with Crippen molar-refractivity contribution in [3.05, 3.63) is 59.2 Å². The van der Waals surface area contributed by atoms with E-state index in [2.05, 4.69) is 40.5 Å². The lowest BCUT2D eigenvalue weighted by Crippen LogP contribution is -2.32. The van der Waals surface area contributed by atoms with Crippen LogP contribution >= 0.6 is 0 Å². The lowest BCUT2D eigenvalue weighted by Gasteiger charge is -2.31. The van der Waals surface area contributed by atoms with Gasteiger partial charge >= 0.3 is 0 Å². The van der Waals surface area contributed by atoms with Crippen LogP contribution in [0, 0.1) is 13.8 Å². The minimum Gasteiger partial charge on any atom is -0.371 e. The van der Waals surface area contributed by atoms with Crippen LogP contribution in [0.2, 0.25) is 0 Å². The molecule has 1 aliphatic heterocycles. The van der Waals surface area contributed by atoms with Crippen LogP contribution in [-0.4, -0.2) is 19.0 Å². The van der Waals surface area contributed by atoms with Crippen LogP contribution in [0.3, 0.4) is 0 Å². The molecule has 120 valence electrons. The third-order valence-corrected chi connectivity index (χ3v) is 4.32. The Balaban J connectivity index is 1.59. The standard InChI is InChI=1S/C20H24N2O/c1-15-12-16(2)14-18(13-15)21-20(23)9-11-22-10-5-7-17-6-3-4-8-19(17)22/h3-4,6,8,12-14H,5,7,9-11H2,1-2H3,(H,21,23). The van der Waals surface area contributed by atoms with E-state index in [-0.39, 0.29) is 5.91 Å². The molecule has 0 atom stereocenters. The maximum absolute atomic E-state index is 12.3. The summed E-state index contributed by atoms with van der Waals surface area (Å²) in [5, 5.41) is 3.02. The molecule has 23 heavy (non-hydrogen) atoms. The second-order valence-corrected chi connectivity index (χ2v) is 6.39. The molecule has 0 fully saturated rings. The topological polar surface area (TPSA) is 32.3 Å². The van der Waals surface area contributed by atoms with Crippen LogP contribution in [-0.2, 0) is 11.2 Å². The molecule has 3 nitrogen and oxygen atoms in total. The van der Waals surface area contributed by atoms with Gasteiger partial charge in [-0.1, -0.05) is 24.3 Å². The molecule has 0 bridgehead atoms. The maximum Gasteiger partial charge on any atom is 0.226 e. The van der Waals surface area contributed by atoms with Gasteiger partial charge in [0.25, 0.3) is 0 Å². The van der Waals surface area contributed by atoms with Gasteiger partial charge in [-0.15, -0.1) is 0 Å². The van der Waals surface area contributed by atoms with Crippen molar-refractivity contribution in [3.63, 3.8) is 0 Å². The third kappa shape index (κ3) is 3.92. The Labute approximate surface area is 138 Å². The van der Waals surface area contributed by atoms with Crippen molar-refractivity contribution in [2.24, 2.45) is 0 Å². The third-order valence-electron chi connectivity index (χ3n) is 4.32. The predicted molar refractivity (Wildman–Crippen MR) is 96.1 cm³/mol. The zero-order valence-electron chi connectivity index (χ0n) is 13.9. The average molecular weight is 308 g/mol. The van der Waals surface area contributed by atoms with Gasteiger partial charge in [0, 0.05) is 30.9 Å². The molecular formula is C20H24N2O. The van der Waals surface area contributed by atoms with E-state index >= 15 is 0 Å². The quantitative estimate of drug-likeness (QED) is 0.923. The van der Waals surface area contributed by atoms with Gasteiger partial charge in [0.2, 0.25) is 5.91 Å². The lowest BCUT2D eigenvalue weighted by atomic mass is 10.0. The van der Waals surface area contributed by atoms with E-state index in [1.807, 2.05) is 26.0 Å². The van der Waals surface area contributed by atoms with Crippen molar-refractivity contribution in [1.82, 2.24) is 0 Å². The van der Waals surface area contributed by atoms with E-state index in [1.165, 1.54) is 22.4 Å². The van der Waals surface area contributed by atoms with E-state index in [9.17, 15) is 4.79 Å². The molecule has 1 N–H and O–H groups in total. The fraction of sp³-hybridized carbons (Fsp3) is 0.350. The Hall–Kier alpha value is -2.29. The number of aryl methyl sites for hydroxylation is 3. The largest absolute Gasteiger partial charge is 0.371 e. The molecule has 3 heteroatoms. The Kier molecular flexibility index (Phi) is 4.65. The summed E-state index contributed by atoms with van der Waals surface area (Å²) >= 11 is 0. The van der Waals surface area contributed by atoms with Gasteiger partial charge in [-0.2, -0.15) is 0 Å². The van der Waals surface area contributed by atoms with Crippen molar-refractivity contribution < 1.29 is 4.79 Å². The molecule has 0 saturated heterocycles. The van der Waals surface area contributed by atoms with Crippen LogP contribution < -0.4 is 10.2 Å². The van der Waals surface area contributed by atoms with E-state index in [1.54, 1.807) is 0 Å². The lowest BCUT2D eigenvalue weighted by molar-refractivity contribution is -0.116. The summed E-state index contributed by atoms with van der Waals surface area (Å²) in [7, 11) is 0. The summed E-state index contributed by atoms with van der Waals surface area (Å²) in [5.41, 5.74) is 5.92. The van der Waals surface area contributed by atoms with E-state index in [4.69, 9.17) is 0 Å². The number of carbonyl (C=O) groups is 1. The molecule has 1 aliphatic rings.